The van der Waals surface area contributed by atoms with Crippen LogP contribution in [0.5, 0.6) is 0 Å². The van der Waals surface area contributed by atoms with E-state index in [-0.39, 0.29) is 29.5 Å². The van der Waals surface area contributed by atoms with Gasteiger partial charge in [0.15, 0.2) is 0 Å². The van der Waals surface area contributed by atoms with E-state index < -0.39 is 0 Å². The third-order valence-corrected chi connectivity index (χ3v) is 6.00. The van der Waals surface area contributed by atoms with E-state index >= 15 is 0 Å². The Morgan fingerprint density at radius 2 is 1.96 bits per heavy atom. The number of fused-ring (bicyclic) bond motifs is 1. The Hall–Kier alpha value is -2.54. The maximum absolute atomic E-state index is 14.1. The molecule has 1 aliphatic rings. The van der Waals surface area contributed by atoms with Crippen molar-refractivity contribution in [3.05, 3.63) is 52.1 Å². The van der Waals surface area contributed by atoms with Crippen LogP contribution in [0.15, 0.2) is 40.8 Å². The molecule has 0 radical (unpaired) electrons. The van der Waals surface area contributed by atoms with E-state index in [4.69, 9.17) is 4.74 Å². The number of carbonyl (C=O) groups is 1. The predicted molar refractivity (Wildman–Crippen MR) is 102 cm³/mol. The molecule has 5 nitrogen and oxygen atoms in total. The summed E-state index contributed by atoms with van der Waals surface area (Å²) in [6, 6.07) is 6.55. The molecular formula is C20H19FN2O3S. The van der Waals surface area contributed by atoms with Crippen molar-refractivity contribution in [3.8, 4) is 11.1 Å². The number of carbonyl (C=O) groups excluding carboxylic acids is 1. The molecule has 0 aliphatic heterocycles. The van der Waals surface area contributed by atoms with Crippen molar-refractivity contribution in [3.63, 3.8) is 0 Å². The molecule has 0 amide bonds. The number of aromatic nitrogens is 2. The molecular weight excluding hydrogens is 367 g/mol. The van der Waals surface area contributed by atoms with Crippen LogP contribution in [0.3, 0.4) is 0 Å². The fourth-order valence-corrected chi connectivity index (χ4v) is 4.68. The fraction of sp³-hybridized carbons (Fsp3) is 0.350. The minimum Gasteiger partial charge on any atom is -0.463 e. The lowest BCUT2D eigenvalue weighted by atomic mass is 9.92. The molecule has 2 heterocycles. The van der Waals surface area contributed by atoms with Crippen molar-refractivity contribution >= 4 is 27.5 Å². The van der Waals surface area contributed by atoms with Gasteiger partial charge in [-0.05, 0) is 31.7 Å². The highest BCUT2D eigenvalue weighted by molar-refractivity contribution is 7.17. The molecule has 7 heteroatoms. The number of esters is 1. The van der Waals surface area contributed by atoms with Gasteiger partial charge in [0.25, 0.3) is 5.56 Å². The highest BCUT2D eigenvalue weighted by atomic mass is 32.1. The van der Waals surface area contributed by atoms with E-state index in [1.54, 1.807) is 34.5 Å². The Morgan fingerprint density at radius 1 is 1.22 bits per heavy atom. The van der Waals surface area contributed by atoms with E-state index in [1.165, 1.54) is 24.3 Å². The van der Waals surface area contributed by atoms with Crippen LogP contribution >= 0.6 is 11.3 Å². The highest BCUT2D eigenvalue weighted by Crippen LogP contribution is 2.34. The minimum absolute atomic E-state index is 0.0419. The monoisotopic (exact) mass is 386 g/mol. The highest BCUT2D eigenvalue weighted by Gasteiger charge is 2.26. The van der Waals surface area contributed by atoms with Crippen LogP contribution in [0.2, 0.25) is 0 Å². The Morgan fingerprint density at radius 3 is 2.67 bits per heavy atom. The van der Waals surface area contributed by atoms with Crippen molar-refractivity contribution < 1.29 is 13.9 Å². The van der Waals surface area contributed by atoms with Gasteiger partial charge in [-0.15, -0.1) is 11.3 Å². The average Bonchev–Trinajstić information content (AvgIpc) is 3.08. The molecule has 140 valence electrons. The average molecular weight is 386 g/mol. The third-order valence-electron chi connectivity index (χ3n) is 5.04. The van der Waals surface area contributed by atoms with Crippen LogP contribution in [0.4, 0.5) is 4.39 Å². The topological polar surface area (TPSA) is 61.2 Å². The van der Waals surface area contributed by atoms with Gasteiger partial charge in [-0.2, -0.15) is 0 Å². The Bertz CT molecular complexity index is 1050. The smallest absolute Gasteiger partial charge is 0.302 e. The van der Waals surface area contributed by atoms with Crippen molar-refractivity contribution in [1.82, 2.24) is 9.55 Å². The van der Waals surface area contributed by atoms with Crippen LogP contribution in [0.25, 0.3) is 21.3 Å². The summed E-state index contributed by atoms with van der Waals surface area (Å²) in [6.07, 6.45) is 4.49. The predicted octanol–water partition coefficient (Wildman–Crippen LogP) is 4.31. The first kappa shape index (κ1) is 17.9. The van der Waals surface area contributed by atoms with E-state index in [9.17, 15) is 14.0 Å². The van der Waals surface area contributed by atoms with Gasteiger partial charge in [0.05, 0.1) is 11.8 Å². The van der Waals surface area contributed by atoms with Gasteiger partial charge >= 0.3 is 5.97 Å². The number of thiophene rings is 1. The number of nitrogens with zero attached hydrogens (tertiary/aromatic N) is 2. The minimum atomic E-state index is -0.327. The van der Waals surface area contributed by atoms with Gasteiger partial charge in [0.2, 0.25) is 0 Å². The normalized spacial score (nSPS) is 19.9. The molecule has 4 rings (SSSR count). The maximum atomic E-state index is 14.1. The molecule has 0 atom stereocenters. The van der Waals surface area contributed by atoms with Crippen LogP contribution < -0.4 is 5.56 Å². The van der Waals surface area contributed by atoms with E-state index in [0.717, 1.165) is 25.7 Å². The van der Waals surface area contributed by atoms with E-state index in [0.29, 0.717) is 21.3 Å². The molecule has 0 saturated heterocycles. The van der Waals surface area contributed by atoms with Crippen molar-refractivity contribution in [2.24, 2.45) is 0 Å². The van der Waals surface area contributed by atoms with Crippen LogP contribution in [0.1, 0.15) is 38.6 Å². The number of benzene rings is 1. The first-order valence-corrected chi connectivity index (χ1v) is 9.83. The number of rotatable bonds is 3. The number of hydrogen-bond donors (Lipinski definition) is 0. The number of ether oxygens (including phenoxy) is 1. The van der Waals surface area contributed by atoms with Crippen LogP contribution in [-0.2, 0) is 9.53 Å². The zero-order valence-electron chi connectivity index (χ0n) is 14.9. The Kier molecular flexibility index (Phi) is 4.78. The second-order valence-electron chi connectivity index (χ2n) is 6.80. The largest absolute Gasteiger partial charge is 0.463 e. The quantitative estimate of drug-likeness (QED) is 0.629. The molecule has 0 bridgehead atoms. The summed E-state index contributed by atoms with van der Waals surface area (Å²) >= 11 is 1.30. The standard InChI is InChI=1S/C20H19FN2O3S/c1-12(24)26-14-8-6-13(7-9-14)23-11-22-18-16(10-27-19(18)20(23)25)15-4-2-3-5-17(15)21/h2-5,10-11,13-14H,6-9H2,1H3/t13-,14-. The second kappa shape index (κ2) is 7.23. The third kappa shape index (κ3) is 3.39. The molecule has 1 aromatic carbocycles. The lowest BCUT2D eigenvalue weighted by Crippen LogP contribution is -2.30. The SMILES string of the molecule is CC(=O)O[C@H]1CC[C@H](n2cnc3c(-c4ccccc4F)csc3c2=O)CC1. The molecule has 27 heavy (non-hydrogen) atoms. The van der Waals surface area contributed by atoms with Crippen LogP contribution in [-0.4, -0.2) is 21.6 Å². The fourth-order valence-electron chi connectivity index (χ4n) is 3.73. The van der Waals surface area contributed by atoms with Gasteiger partial charge in [-0.3, -0.25) is 14.2 Å². The summed E-state index contributed by atoms with van der Waals surface area (Å²) in [5.41, 5.74) is 1.55. The summed E-state index contributed by atoms with van der Waals surface area (Å²) in [5.74, 6) is -0.593. The van der Waals surface area contributed by atoms with Crippen LogP contribution in [0, 0.1) is 5.82 Å². The molecule has 0 unspecified atom stereocenters. The molecule has 1 aliphatic carbocycles. The molecule has 1 saturated carbocycles. The van der Waals surface area contributed by atoms with Crippen molar-refractivity contribution in [1.29, 1.82) is 0 Å². The summed E-state index contributed by atoms with van der Waals surface area (Å²) in [7, 11) is 0. The Labute approximate surface area is 159 Å². The number of halogens is 1. The molecule has 2 aromatic heterocycles. The van der Waals surface area contributed by atoms with E-state index in [2.05, 4.69) is 4.98 Å². The summed E-state index contributed by atoms with van der Waals surface area (Å²) < 4.78 is 21.6. The zero-order chi connectivity index (χ0) is 19.0. The Balaban J connectivity index is 1.64. The van der Waals surface area contributed by atoms with Gasteiger partial charge in [-0.1, -0.05) is 18.2 Å². The maximum Gasteiger partial charge on any atom is 0.302 e. The molecule has 1 fully saturated rings. The summed E-state index contributed by atoms with van der Waals surface area (Å²) in [6.45, 7) is 1.42. The lowest BCUT2D eigenvalue weighted by molar-refractivity contribution is -0.148. The van der Waals surface area contributed by atoms with Gasteiger partial charge in [0.1, 0.15) is 16.6 Å². The number of hydrogen-bond acceptors (Lipinski definition) is 5. The first-order valence-electron chi connectivity index (χ1n) is 8.95. The molecule has 0 N–H and O–H groups in total. The first-order chi connectivity index (χ1) is 13.0. The van der Waals surface area contributed by atoms with Gasteiger partial charge in [0, 0.05) is 29.5 Å². The second-order valence-corrected chi connectivity index (χ2v) is 7.68. The van der Waals surface area contributed by atoms with Gasteiger partial charge in [-0.25, -0.2) is 9.37 Å². The van der Waals surface area contributed by atoms with Crippen molar-refractivity contribution in [2.75, 3.05) is 0 Å². The van der Waals surface area contributed by atoms with Gasteiger partial charge < -0.3 is 4.74 Å². The summed E-state index contributed by atoms with van der Waals surface area (Å²) in [5, 5.41) is 1.79. The van der Waals surface area contributed by atoms with E-state index in [1.807, 2.05) is 0 Å². The molecule has 0 spiro atoms. The zero-order valence-corrected chi connectivity index (χ0v) is 15.7. The lowest BCUT2D eigenvalue weighted by Gasteiger charge is -2.29. The summed E-state index contributed by atoms with van der Waals surface area (Å²) in [4.78, 5) is 28.5. The van der Waals surface area contributed by atoms with Crippen molar-refractivity contribution in [2.45, 2.75) is 44.8 Å². The molecule has 3 aromatic rings.